The number of nitrogens with one attached hydrogen (secondary N) is 1. The number of fused-ring (bicyclic) bond motifs is 1. The predicted molar refractivity (Wildman–Crippen MR) is 106 cm³/mol. The molecule has 0 atom stereocenters. The summed E-state index contributed by atoms with van der Waals surface area (Å²) < 4.78 is 53.8. The average Bonchev–Trinajstić information content (AvgIpc) is 3.20. The van der Waals surface area contributed by atoms with E-state index in [1.165, 1.54) is 33.8 Å². The van der Waals surface area contributed by atoms with Crippen LogP contribution in [-0.4, -0.2) is 33.0 Å². The van der Waals surface area contributed by atoms with Gasteiger partial charge in [0.15, 0.2) is 5.69 Å². The summed E-state index contributed by atoms with van der Waals surface area (Å²) in [6, 6.07) is 12.1. The summed E-state index contributed by atoms with van der Waals surface area (Å²) in [5, 5.41) is 6.65. The van der Waals surface area contributed by atoms with Gasteiger partial charge in [0.05, 0.1) is 12.1 Å². The second-order valence-corrected chi connectivity index (χ2v) is 7.34. The summed E-state index contributed by atoms with van der Waals surface area (Å²) in [6.07, 6.45) is -4.47. The highest BCUT2D eigenvalue weighted by atomic mass is 19.4. The van der Waals surface area contributed by atoms with Crippen LogP contribution in [0.1, 0.15) is 37.7 Å². The smallest absolute Gasteiger partial charge is 0.347 e. The fraction of sp³-hybridized carbons (Fsp3) is 0.227. The van der Waals surface area contributed by atoms with E-state index in [9.17, 15) is 27.2 Å². The Bertz CT molecular complexity index is 1170. The summed E-state index contributed by atoms with van der Waals surface area (Å²) in [4.78, 5) is 26.7. The maximum absolute atomic E-state index is 13.9. The predicted octanol–water partition coefficient (Wildman–Crippen LogP) is 3.63. The molecule has 1 aliphatic heterocycles. The zero-order valence-corrected chi connectivity index (χ0v) is 16.7. The number of nitrogens with zero attached hydrogens (tertiary/aromatic N) is 3. The fourth-order valence-corrected chi connectivity index (χ4v) is 3.46. The molecule has 2 aromatic carbocycles. The monoisotopic (exact) mass is 446 g/mol. The third kappa shape index (κ3) is 4.48. The molecule has 0 spiro atoms. The number of carbonyl (C=O) groups is 2. The Hall–Kier alpha value is -3.69. The molecule has 0 bridgehead atoms. The van der Waals surface area contributed by atoms with Crippen LogP contribution in [0.5, 0.6) is 0 Å². The molecular weight excluding hydrogens is 428 g/mol. The molecule has 0 radical (unpaired) electrons. The number of rotatable bonds is 5. The summed E-state index contributed by atoms with van der Waals surface area (Å²) >= 11 is 0. The standard InChI is InChI=1S/C22H18F4N4O2/c23-17-7-2-1-5-15(17)13-29-8-9-30-19(21(29)32)11-18(28-30)20(31)27-12-14-4-3-6-16(10-14)22(24,25)26/h1-7,10-11H,8-9,12-13H2,(H,27,31). The first-order chi connectivity index (χ1) is 15.2. The zero-order valence-electron chi connectivity index (χ0n) is 16.7. The van der Waals surface area contributed by atoms with E-state index in [0.717, 1.165) is 12.1 Å². The minimum Gasteiger partial charge on any atom is -0.347 e. The van der Waals surface area contributed by atoms with Crippen molar-refractivity contribution in [1.82, 2.24) is 20.0 Å². The van der Waals surface area contributed by atoms with Crippen molar-refractivity contribution in [3.8, 4) is 0 Å². The van der Waals surface area contributed by atoms with Crippen LogP contribution in [0.3, 0.4) is 0 Å². The van der Waals surface area contributed by atoms with Crippen LogP contribution in [0.25, 0.3) is 0 Å². The number of aromatic nitrogens is 2. The molecule has 3 aromatic rings. The van der Waals surface area contributed by atoms with Crippen LogP contribution in [0.4, 0.5) is 17.6 Å². The van der Waals surface area contributed by atoms with Crippen LogP contribution in [-0.2, 0) is 25.8 Å². The molecule has 1 aliphatic rings. The molecule has 0 aliphatic carbocycles. The van der Waals surface area contributed by atoms with Crippen LogP contribution < -0.4 is 5.32 Å². The van der Waals surface area contributed by atoms with E-state index in [-0.39, 0.29) is 35.9 Å². The quantitative estimate of drug-likeness (QED) is 0.609. The molecule has 2 heterocycles. The van der Waals surface area contributed by atoms with Gasteiger partial charge in [-0.1, -0.05) is 30.3 Å². The Morgan fingerprint density at radius 1 is 1.06 bits per heavy atom. The lowest BCUT2D eigenvalue weighted by Crippen LogP contribution is -2.40. The summed E-state index contributed by atoms with van der Waals surface area (Å²) in [6.45, 7) is 0.593. The first-order valence-electron chi connectivity index (χ1n) is 9.77. The minimum atomic E-state index is -4.47. The van der Waals surface area contributed by atoms with Gasteiger partial charge < -0.3 is 10.2 Å². The average molecular weight is 446 g/mol. The van der Waals surface area contributed by atoms with Crippen molar-refractivity contribution in [3.63, 3.8) is 0 Å². The molecule has 0 fully saturated rings. The van der Waals surface area contributed by atoms with Gasteiger partial charge in [0.25, 0.3) is 11.8 Å². The van der Waals surface area contributed by atoms with Crippen molar-refractivity contribution in [2.45, 2.75) is 25.8 Å². The third-order valence-electron chi connectivity index (χ3n) is 5.13. The molecule has 166 valence electrons. The molecule has 1 N–H and O–H groups in total. The summed E-state index contributed by atoms with van der Waals surface area (Å²) in [5.74, 6) is -1.41. The van der Waals surface area contributed by atoms with Crippen LogP contribution in [0.2, 0.25) is 0 Å². The van der Waals surface area contributed by atoms with Crippen LogP contribution >= 0.6 is 0 Å². The highest BCUT2D eigenvalue weighted by Gasteiger charge is 2.31. The van der Waals surface area contributed by atoms with E-state index in [0.29, 0.717) is 18.7 Å². The van der Waals surface area contributed by atoms with E-state index in [1.54, 1.807) is 18.2 Å². The molecule has 10 heteroatoms. The first kappa shape index (κ1) is 21.5. The maximum atomic E-state index is 13.9. The second-order valence-electron chi connectivity index (χ2n) is 7.34. The number of hydrogen-bond donors (Lipinski definition) is 1. The largest absolute Gasteiger partial charge is 0.416 e. The van der Waals surface area contributed by atoms with Gasteiger partial charge in [-0.05, 0) is 23.8 Å². The molecule has 0 saturated heterocycles. The Balaban J connectivity index is 1.43. The van der Waals surface area contributed by atoms with E-state index in [2.05, 4.69) is 10.4 Å². The number of halogens is 4. The van der Waals surface area contributed by atoms with Gasteiger partial charge >= 0.3 is 6.18 Å². The Kier molecular flexibility index (Phi) is 5.68. The normalized spacial score (nSPS) is 13.8. The lowest BCUT2D eigenvalue weighted by molar-refractivity contribution is -0.137. The SMILES string of the molecule is O=C(NCc1cccc(C(F)(F)F)c1)c1cc2n(n1)CCN(Cc1ccccc1F)C2=O. The van der Waals surface area contributed by atoms with E-state index >= 15 is 0 Å². The molecule has 2 amide bonds. The topological polar surface area (TPSA) is 67.2 Å². The van der Waals surface area contributed by atoms with Crippen molar-refractivity contribution in [3.05, 3.63) is 88.5 Å². The molecule has 0 unspecified atom stereocenters. The van der Waals surface area contributed by atoms with Gasteiger partial charge in [-0.2, -0.15) is 18.3 Å². The summed E-state index contributed by atoms with van der Waals surface area (Å²) in [7, 11) is 0. The number of carbonyl (C=O) groups excluding carboxylic acids is 2. The summed E-state index contributed by atoms with van der Waals surface area (Å²) in [5.41, 5.74) is 0.0317. The number of benzene rings is 2. The van der Waals surface area contributed by atoms with Crippen molar-refractivity contribution in [1.29, 1.82) is 0 Å². The third-order valence-corrected chi connectivity index (χ3v) is 5.13. The fourth-order valence-electron chi connectivity index (χ4n) is 3.46. The molecule has 6 nitrogen and oxygen atoms in total. The molecule has 1 aromatic heterocycles. The highest BCUT2D eigenvalue weighted by molar-refractivity contribution is 5.98. The molecule has 4 rings (SSSR count). The number of amides is 2. The number of alkyl halides is 3. The van der Waals surface area contributed by atoms with Gasteiger partial charge in [0, 0.05) is 31.3 Å². The van der Waals surface area contributed by atoms with Gasteiger partial charge in [0.2, 0.25) is 0 Å². The van der Waals surface area contributed by atoms with E-state index < -0.39 is 23.5 Å². The molecule has 0 saturated carbocycles. The van der Waals surface area contributed by atoms with Crippen LogP contribution in [0, 0.1) is 5.82 Å². The van der Waals surface area contributed by atoms with E-state index in [1.807, 2.05) is 0 Å². The van der Waals surface area contributed by atoms with Gasteiger partial charge in [-0.15, -0.1) is 0 Å². The first-order valence-corrected chi connectivity index (χ1v) is 9.77. The molecule has 32 heavy (non-hydrogen) atoms. The van der Waals surface area contributed by atoms with Crippen molar-refractivity contribution in [2.24, 2.45) is 0 Å². The minimum absolute atomic E-state index is 0.0203. The highest BCUT2D eigenvalue weighted by Crippen LogP contribution is 2.29. The van der Waals surface area contributed by atoms with Gasteiger partial charge in [0.1, 0.15) is 11.5 Å². The zero-order chi connectivity index (χ0) is 22.9. The van der Waals surface area contributed by atoms with Crippen molar-refractivity contribution >= 4 is 11.8 Å². The number of hydrogen-bond acceptors (Lipinski definition) is 3. The Labute approximate surface area is 180 Å². The second kappa shape index (κ2) is 8.45. The molecular formula is C22H18F4N4O2. The van der Waals surface area contributed by atoms with Gasteiger partial charge in [-0.3, -0.25) is 14.3 Å². The Morgan fingerprint density at radius 3 is 2.59 bits per heavy atom. The van der Waals surface area contributed by atoms with E-state index in [4.69, 9.17) is 0 Å². The van der Waals surface area contributed by atoms with Crippen molar-refractivity contribution in [2.75, 3.05) is 6.54 Å². The van der Waals surface area contributed by atoms with Crippen LogP contribution in [0.15, 0.2) is 54.6 Å². The maximum Gasteiger partial charge on any atom is 0.416 e. The van der Waals surface area contributed by atoms with Crippen molar-refractivity contribution < 1.29 is 27.2 Å². The van der Waals surface area contributed by atoms with Gasteiger partial charge in [-0.25, -0.2) is 4.39 Å². The lowest BCUT2D eigenvalue weighted by atomic mass is 10.1. The lowest BCUT2D eigenvalue weighted by Gasteiger charge is -2.27. The Morgan fingerprint density at radius 2 is 1.84 bits per heavy atom.